The highest BCUT2D eigenvalue weighted by atomic mass is 19.4. The van der Waals surface area contributed by atoms with Gasteiger partial charge in [-0.1, -0.05) is 43.2 Å². The minimum atomic E-state index is -4.29. The summed E-state index contributed by atoms with van der Waals surface area (Å²) in [5, 5.41) is 3.34. The van der Waals surface area contributed by atoms with E-state index in [2.05, 4.69) is 5.32 Å². The van der Waals surface area contributed by atoms with Crippen molar-refractivity contribution < 1.29 is 13.2 Å². The van der Waals surface area contributed by atoms with Gasteiger partial charge in [-0.2, -0.15) is 13.2 Å². The number of rotatable bonds is 2. The fourth-order valence-electron chi connectivity index (χ4n) is 2.34. The van der Waals surface area contributed by atoms with Crippen LogP contribution in [-0.2, 0) is 6.18 Å². The molecule has 1 unspecified atom stereocenters. The third-order valence-corrected chi connectivity index (χ3v) is 3.37. The molecule has 1 aliphatic rings. The van der Waals surface area contributed by atoms with Crippen molar-refractivity contribution in [3.8, 4) is 0 Å². The molecule has 1 nitrogen and oxygen atoms in total. The maximum Gasteiger partial charge on any atom is 0.416 e. The Morgan fingerprint density at radius 3 is 2.68 bits per heavy atom. The minimum Gasteiger partial charge on any atom is -0.311 e. The monoisotopic (exact) mass is 269 g/mol. The van der Waals surface area contributed by atoms with E-state index in [0.717, 1.165) is 31.9 Å². The molecule has 1 aromatic rings. The van der Waals surface area contributed by atoms with E-state index in [-0.39, 0.29) is 11.6 Å². The van der Waals surface area contributed by atoms with Crippen LogP contribution in [0.5, 0.6) is 0 Å². The van der Waals surface area contributed by atoms with Crippen LogP contribution < -0.4 is 5.32 Å². The highest BCUT2D eigenvalue weighted by molar-refractivity contribution is 5.55. The van der Waals surface area contributed by atoms with Gasteiger partial charge in [-0.25, -0.2) is 0 Å². The van der Waals surface area contributed by atoms with Gasteiger partial charge in [-0.05, 0) is 31.0 Å². The van der Waals surface area contributed by atoms with Crippen LogP contribution in [0.2, 0.25) is 0 Å². The van der Waals surface area contributed by atoms with Crippen molar-refractivity contribution in [2.45, 2.75) is 37.9 Å². The number of halogens is 3. The molecule has 104 valence electrons. The lowest BCUT2D eigenvalue weighted by Gasteiger charge is -2.12. The molecule has 0 saturated carbocycles. The van der Waals surface area contributed by atoms with Crippen molar-refractivity contribution in [3.63, 3.8) is 0 Å². The van der Waals surface area contributed by atoms with Crippen LogP contribution in [0.25, 0.3) is 6.08 Å². The van der Waals surface area contributed by atoms with E-state index in [1.54, 1.807) is 12.1 Å². The molecule has 1 N–H and O–H groups in total. The molecule has 0 bridgehead atoms. The summed E-state index contributed by atoms with van der Waals surface area (Å²) in [6.45, 7) is 0.940. The van der Waals surface area contributed by atoms with Gasteiger partial charge in [-0.15, -0.1) is 0 Å². The summed E-state index contributed by atoms with van der Waals surface area (Å²) >= 11 is 0. The standard InChI is InChI=1S/C15H18F3N/c16-15(17,18)14-8-4-3-6-12(14)9-10-13-7-2-1-5-11-19-13/h3-4,6,8-10,13,19H,1-2,5,7,11H2/b10-9+. The Hall–Kier alpha value is -1.29. The molecule has 1 aromatic carbocycles. The Morgan fingerprint density at radius 2 is 1.89 bits per heavy atom. The lowest BCUT2D eigenvalue weighted by Crippen LogP contribution is -2.25. The molecule has 0 aromatic heterocycles. The van der Waals surface area contributed by atoms with Gasteiger partial charge in [0.1, 0.15) is 0 Å². The predicted octanol–water partition coefficient (Wildman–Crippen LogP) is 4.25. The SMILES string of the molecule is FC(F)(F)c1ccccc1/C=C/C1CCCCCN1. The zero-order chi connectivity index (χ0) is 13.7. The fourth-order valence-corrected chi connectivity index (χ4v) is 2.34. The summed E-state index contributed by atoms with van der Waals surface area (Å²) in [4.78, 5) is 0. The predicted molar refractivity (Wildman–Crippen MR) is 70.7 cm³/mol. The first-order valence-corrected chi connectivity index (χ1v) is 6.65. The van der Waals surface area contributed by atoms with E-state index in [1.807, 2.05) is 6.08 Å². The summed E-state index contributed by atoms with van der Waals surface area (Å²) in [7, 11) is 0. The second kappa shape index (κ2) is 6.24. The molecule has 1 saturated heterocycles. The molecule has 2 rings (SSSR count). The largest absolute Gasteiger partial charge is 0.416 e. The van der Waals surface area contributed by atoms with Crippen LogP contribution in [-0.4, -0.2) is 12.6 Å². The van der Waals surface area contributed by atoms with Gasteiger partial charge < -0.3 is 5.32 Å². The van der Waals surface area contributed by atoms with Crippen molar-refractivity contribution >= 4 is 6.08 Å². The Kier molecular flexibility index (Phi) is 4.64. The third-order valence-electron chi connectivity index (χ3n) is 3.37. The van der Waals surface area contributed by atoms with E-state index >= 15 is 0 Å². The molecule has 0 spiro atoms. The molecule has 1 aliphatic heterocycles. The van der Waals surface area contributed by atoms with Gasteiger partial charge >= 0.3 is 6.18 Å². The third kappa shape index (κ3) is 4.10. The average molecular weight is 269 g/mol. The minimum absolute atomic E-state index is 0.184. The van der Waals surface area contributed by atoms with Gasteiger partial charge in [0.15, 0.2) is 0 Å². The van der Waals surface area contributed by atoms with Crippen LogP contribution in [0, 0.1) is 0 Å². The first kappa shape index (κ1) is 14.1. The van der Waals surface area contributed by atoms with E-state index in [0.29, 0.717) is 0 Å². The molecule has 1 heterocycles. The quantitative estimate of drug-likeness (QED) is 0.846. The van der Waals surface area contributed by atoms with Crippen LogP contribution in [0.3, 0.4) is 0 Å². The molecule has 4 heteroatoms. The fraction of sp³-hybridized carbons (Fsp3) is 0.467. The van der Waals surface area contributed by atoms with Gasteiger partial charge in [0, 0.05) is 6.04 Å². The number of benzene rings is 1. The van der Waals surface area contributed by atoms with Crippen LogP contribution in [0.4, 0.5) is 13.2 Å². The maximum atomic E-state index is 12.8. The van der Waals surface area contributed by atoms with Gasteiger partial charge in [0.25, 0.3) is 0 Å². The Labute approximate surface area is 111 Å². The van der Waals surface area contributed by atoms with Crippen LogP contribution in [0.15, 0.2) is 30.3 Å². The zero-order valence-corrected chi connectivity index (χ0v) is 10.7. The highest BCUT2D eigenvalue weighted by Crippen LogP contribution is 2.32. The zero-order valence-electron chi connectivity index (χ0n) is 10.7. The summed E-state index contributed by atoms with van der Waals surface area (Å²) in [6, 6.07) is 5.87. The van der Waals surface area contributed by atoms with Gasteiger partial charge in [-0.3, -0.25) is 0 Å². The number of hydrogen-bond acceptors (Lipinski definition) is 1. The second-order valence-corrected chi connectivity index (χ2v) is 4.85. The number of hydrogen-bond donors (Lipinski definition) is 1. The van der Waals surface area contributed by atoms with E-state index < -0.39 is 11.7 Å². The molecule has 19 heavy (non-hydrogen) atoms. The molecule has 0 amide bonds. The van der Waals surface area contributed by atoms with Crippen molar-refractivity contribution in [3.05, 3.63) is 41.5 Å². The lowest BCUT2D eigenvalue weighted by atomic mass is 10.0. The van der Waals surface area contributed by atoms with Gasteiger partial charge in [0.2, 0.25) is 0 Å². The van der Waals surface area contributed by atoms with Crippen LogP contribution >= 0.6 is 0 Å². The smallest absolute Gasteiger partial charge is 0.311 e. The normalized spacial score (nSPS) is 21.5. The molecule has 1 fully saturated rings. The van der Waals surface area contributed by atoms with Crippen molar-refractivity contribution in [1.82, 2.24) is 5.32 Å². The summed E-state index contributed by atoms with van der Waals surface area (Å²) in [5.41, 5.74) is -0.332. The average Bonchev–Trinajstić information content (AvgIpc) is 2.64. The van der Waals surface area contributed by atoms with Gasteiger partial charge in [0.05, 0.1) is 5.56 Å². The second-order valence-electron chi connectivity index (χ2n) is 4.85. The Bertz CT molecular complexity index is 429. The topological polar surface area (TPSA) is 12.0 Å². The van der Waals surface area contributed by atoms with E-state index in [4.69, 9.17) is 0 Å². The molecular formula is C15H18F3N. The first-order chi connectivity index (χ1) is 9.07. The highest BCUT2D eigenvalue weighted by Gasteiger charge is 2.32. The van der Waals surface area contributed by atoms with Crippen LogP contribution in [0.1, 0.15) is 36.8 Å². The summed E-state index contributed by atoms with van der Waals surface area (Å²) < 4.78 is 38.5. The molecule has 0 radical (unpaired) electrons. The molecular weight excluding hydrogens is 251 g/mol. The van der Waals surface area contributed by atoms with Crippen molar-refractivity contribution in [2.75, 3.05) is 6.54 Å². The molecule has 0 aliphatic carbocycles. The Balaban J connectivity index is 2.14. The maximum absolute atomic E-state index is 12.8. The van der Waals surface area contributed by atoms with E-state index in [1.165, 1.54) is 18.6 Å². The number of alkyl halides is 3. The first-order valence-electron chi connectivity index (χ1n) is 6.65. The lowest BCUT2D eigenvalue weighted by molar-refractivity contribution is -0.137. The number of nitrogens with one attached hydrogen (secondary N) is 1. The Morgan fingerprint density at radius 1 is 1.11 bits per heavy atom. The van der Waals surface area contributed by atoms with Crippen molar-refractivity contribution in [2.24, 2.45) is 0 Å². The molecule has 1 atom stereocenters. The summed E-state index contributed by atoms with van der Waals surface area (Å²) in [5.74, 6) is 0. The van der Waals surface area contributed by atoms with Crippen molar-refractivity contribution in [1.29, 1.82) is 0 Å². The summed E-state index contributed by atoms with van der Waals surface area (Å²) in [6.07, 6.45) is 3.60. The van der Waals surface area contributed by atoms with E-state index in [9.17, 15) is 13.2 Å².